The van der Waals surface area contributed by atoms with Crippen molar-refractivity contribution in [2.75, 3.05) is 5.32 Å². The Kier molecular flexibility index (Phi) is 2.79. The van der Waals surface area contributed by atoms with Gasteiger partial charge in [0.25, 0.3) is 0 Å². The second-order valence-corrected chi connectivity index (χ2v) is 4.18. The second-order valence-electron chi connectivity index (χ2n) is 4.18. The molecular weight excluding hydrogens is 247 g/mol. The maximum absolute atomic E-state index is 13.4. The van der Waals surface area contributed by atoms with Crippen LogP contribution in [0.1, 0.15) is 11.1 Å². The van der Waals surface area contributed by atoms with Crippen LogP contribution >= 0.6 is 0 Å². The number of aryl methyl sites for hydroxylation is 1. The lowest BCUT2D eigenvalue weighted by Gasteiger charge is -2.06. The molecule has 7 heteroatoms. The molecule has 0 atom stereocenters. The molecule has 1 N–H and O–H groups in total. The molecule has 0 unspecified atom stereocenters. The first kappa shape index (κ1) is 11.5. The van der Waals surface area contributed by atoms with Crippen LogP contribution in [0, 0.1) is 12.7 Å². The number of nitrogens with zero attached hydrogens (tertiary/aromatic N) is 5. The summed E-state index contributed by atoms with van der Waals surface area (Å²) >= 11 is 0. The van der Waals surface area contributed by atoms with Crippen LogP contribution in [0.15, 0.2) is 30.3 Å². The zero-order valence-electron chi connectivity index (χ0n) is 10.2. The van der Waals surface area contributed by atoms with Crippen LogP contribution < -0.4 is 5.32 Å². The molecule has 0 bridgehead atoms. The van der Waals surface area contributed by atoms with E-state index >= 15 is 0 Å². The van der Waals surface area contributed by atoms with E-state index in [0.717, 1.165) is 5.56 Å². The summed E-state index contributed by atoms with van der Waals surface area (Å²) in [5, 5.41) is 18.2. The highest BCUT2D eigenvalue weighted by Crippen LogP contribution is 2.11. The first-order valence-electron chi connectivity index (χ1n) is 5.77. The maximum Gasteiger partial charge on any atom is 0.200 e. The molecule has 0 aliphatic heterocycles. The zero-order chi connectivity index (χ0) is 13.2. The van der Waals surface area contributed by atoms with Crippen molar-refractivity contribution in [3.05, 3.63) is 47.3 Å². The SMILES string of the molecule is Cc1ccc(CNc2ccc3nnnn3n2)cc1F. The predicted molar refractivity (Wildman–Crippen MR) is 67.0 cm³/mol. The molecular formula is C12H11FN6. The van der Waals surface area contributed by atoms with E-state index in [1.54, 1.807) is 25.1 Å². The van der Waals surface area contributed by atoms with Gasteiger partial charge >= 0.3 is 0 Å². The lowest BCUT2D eigenvalue weighted by molar-refractivity contribution is 0.616. The van der Waals surface area contributed by atoms with E-state index in [-0.39, 0.29) is 5.82 Å². The van der Waals surface area contributed by atoms with Crippen molar-refractivity contribution >= 4 is 11.5 Å². The molecule has 0 spiro atoms. The number of nitrogens with one attached hydrogen (secondary N) is 1. The standard InChI is InChI=1S/C12H11FN6/c1-8-2-3-9(6-10(8)13)7-14-11-4-5-12-15-17-18-19(12)16-11/h2-6H,7H2,1H3,(H,14,16). The van der Waals surface area contributed by atoms with Crippen LogP contribution in [0.3, 0.4) is 0 Å². The molecule has 0 saturated heterocycles. The van der Waals surface area contributed by atoms with Crippen LogP contribution in [0.4, 0.5) is 10.2 Å². The molecule has 2 heterocycles. The number of aromatic nitrogens is 5. The van der Waals surface area contributed by atoms with Crippen LogP contribution in [0.2, 0.25) is 0 Å². The highest BCUT2D eigenvalue weighted by Gasteiger charge is 2.02. The van der Waals surface area contributed by atoms with Gasteiger partial charge in [-0.25, -0.2) is 4.39 Å². The monoisotopic (exact) mass is 258 g/mol. The lowest BCUT2D eigenvalue weighted by Crippen LogP contribution is -2.05. The fourth-order valence-electron chi connectivity index (χ4n) is 1.68. The number of halogens is 1. The number of tetrazole rings is 1. The first-order chi connectivity index (χ1) is 9.22. The van der Waals surface area contributed by atoms with Gasteiger partial charge in [-0.3, -0.25) is 0 Å². The smallest absolute Gasteiger partial charge is 0.200 e. The summed E-state index contributed by atoms with van der Waals surface area (Å²) in [6.45, 7) is 2.22. The van der Waals surface area contributed by atoms with Crippen LogP contribution in [0.25, 0.3) is 5.65 Å². The van der Waals surface area contributed by atoms with E-state index in [2.05, 4.69) is 25.9 Å². The Bertz CT molecular complexity index is 723. The summed E-state index contributed by atoms with van der Waals surface area (Å²) in [4.78, 5) is 0. The minimum Gasteiger partial charge on any atom is -0.365 e. The van der Waals surface area contributed by atoms with Crippen LogP contribution in [0.5, 0.6) is 0 Å². The lowest BCUT2D eigenvalue weighted by atomic mass is 10.1. The summed E-state index contributed by atoms with van der Waals surface area (Å²) in [6.07, 6.45) is 0. The summed E-state index contributed by atoms with van der Waals surface area (Å²) in [5.74, 6) is 0.420. The highest BCUT2D eigenvalue weighted by molar-refractivity contribution is 5.42. The zero-order valence-corrected chi connectivity index (χ0v) is 10.2. The Labute approximate surface area is 108 Å². The average molecular weight is 258 g/mol. The Hall–Kier alpha value is -2.57. The van der Waals surface area contributed by atoms with Crippen molar-refractivity contribution in [2.45, 2.75) is 13.5 Å². The minimum atomic E-state index is -0.205. The van der Waals surface area contributed by atoms with E-state index < -0.39 is 0 Å². The van der Waals surface area contributed by atoms with Gasteiger partial charge in [-0.05, 0) is 46.7 Å². The largest absolute Gasteiger partial charge is 0.365 e. The van der Waals surface area contributed by atoms with Gasteiger partial charge in [0, 0.05) is 6.54 Å². The molecule has 96 valence electrons. The average Bonchev–Trinajstić information content (AvgIpc) is 2.87. The number of rotatable bonds is 3. The number of hydrogen-bond donors (Lipinski definition) is 1. The van der Waals surface area contributed by atoms with Crippen LogP contribution in [-0.4, -0.2) is 25.3 Å². The van der Waals surface area contributed by atoms with Gasteiger partial charge in [-0.15, -0.1) is 14.8 Å². The molecule has 0 radical (unpaired) electrons. The number of benzene rings is 1. The van der Waals surface area contributed by atoms with E-state index in [0.29, 0.717) is 23.6 Å². The molecule has 3 aromatic rings. The quantitative estimate of drug-likeness (QED) is 0.772. The molecule has 0 aliphatic rings. The highest BCUT2D eigenvalue weighted by atomic mass is 19.1. The summed E-state index contributed by atoms with van der Waals surface area (Å²) < 4.78 is 14.7. The maximum atomic E-state index is 13.4. The van der Waals surface area contributed by atoms with E-state index in [4.69, 9.17) is 0 Å². The predicted octanol–water partition coefficient (Wildman–Crippen LogP) is 1.58. The van der Waals surface area contributed by atoms with E-state index in [9.17, 15) is 4.39 Å². The second kappa shape index (κ2) is 4.60. The molecule has 0 amide bonds. The third kappa shape index (κ3) is 2.35. The molecule has 0 fully saturated rings. The Morgan fingerprint density at radius 3 is 3.00 bits per heavy atom. The van der Waals surface area contributed by atoms with Gasteiger partial charge < -0.3 is 5.32 Å². The third-order valence-electron chi connectivity index (χ3n) is 2.78. The summed E-state index contributed by atoms with van der Waals surface area (Å²) in [5.41, 5.74) is 2.06. The van der Waals surface area contributed by atoms with Gasteiger partial charge in [-0.2, -0.15) is 0 Å². The number of anilines is 1. The first-order valence-corrected chi connectivity index (χ1v) is 5.77. The van der Waals surface area contributed by atoms with Crippen molar-refractivity contribution in [3.8, 4) is 0 Å². The fraction of sp³-hybridized carbons (Fsp3) is 0.167. The van der Waals surface area contributed by atoms with E-state index in [1.165, 1.54) is 10.7 Å². The Morgan fingerprint density at radius 1 is 1.26 bits per heavy atom. The number of hydrogen-bond acceptors (Lipinski definition) is 5. The Balaban J connectivity index is 1.75. The topological polar surface area (TPSA) is 68.0 Å². The van der Waals surface area contributed by atoms with Gasteiger partial charge in [0.2, 0.25) is 0 Å². The van der Waals surface area contributed by atoms with Crippen molar-refractivity contribution in [3.63, 3.8) is 0 Å². The molecule has 19 heavy (non-hydrogen) atoms. The van der Waals surface area contributed by atoms with E-state index in [1.807, 2.05) is 6.07 Å². The molecule has 0 saturated carbocycles. The molecule has 3 rings (SSSR count). The van der Waals surface area contributed by atoms with Gasteiger partial charge in [-0.1, -0.05) is 12.1 Å². The molecule has 1 aromatic carbocycles. The third-order valence-corrected chi connectivity index (χ3v) is 2.78. The molecule has 6 nitrogen and oxygen atoms in total. The van der Waals surface area contributed by atoms with Crippen molar-refractivity contribution in [1.29, 1.82) is 0 Å². The van der Waals surface area contributed by atoms with Crippen molar-refractivity contribution < 1.29 is 4.39 Å². The molecule has 2 aromatic heterocycles. The minimum absolute atomic E-state index is 0.205. The van der Waals surface area contributed by atoms with Crippen molar-refractivity contribution in [1.82, 2.24) is 25.3 Å². The fourth-order valence-corrected chi connectivity index (χ4v) is 1.68. The Morgan fingerprint density at radius 2 is 2.16 bits per heavy atom. The van der Waals surface area contributed by atoms with Gasteiger partial charge in [0.1, 0.15) is 11.6 Å². The summed E-state index contributed by atoms with van der Waals surface area (Å²) in [6, 6.07) is 8.67. The van der Waals surface area contributed by atoms with Gasteiger partial charge in [0.05, 0.1) is 0 Å². The molecule has 0 aliphatic carbocycles. The summed E-state index contributed by atoms with van der Waals surface area (Å²) in [7, 11) is 0. The normalized spacial score (nSPS) is 10.8. The van der Waals surface area contributed by atoms with Crippen molar-refractivity contribution in [2.24, 2.45) is 0 Å². The van der Waals surface area contributed by atoms with Gasteiger partial charge in [0.15, 0.2) is 5.65 Å². The van der Waals surface area contributed by atoms with Crippen LogP contribution in [-0.2, 0) is 6.54 Å². The number of fused-ring (bicyclic) bond motifs is 1.